The van der Waals surface area contributed by atoms with Crippen molar-refractivity contribution < 1.29 is 14.3 Å². The second-order valence-corrected chi connectivity index (χ2v) is 5.53. The SMILES string of the molecule is COC(=O)C[C@@H](NC(=O)/C=C/c1cnn(C)c1)c1ccc(C)cc1. The van der Waals surface area contributed by atoms with Gasteiger partial charge in [0, 0.05) is 24.9 Å². The van der Waals surface area contributed by atoms with E-state index in [9.17, 15) is 9.59 Å². The molecule has 0 spiro atoms. The smallest absolute Gasteiger partial charge is 0.307 e. The van der Waals surface area contributed by atoms with Gasteiger partial charge in [-0.15, -0.1) is 0 Å². The molecule has 1 aromatic carbocycles. The summed E-state index contributed by atoms with van der Waals surface area (Å²) >= 11 is 0. The Labute approximate surface area is 141 Å². The average Bonchev–Trinajstić information content (AvgIpc) is 2.98. The minimum absolute atomic E-state index is 0.0754. The van der Waals surface area contributed by atoms with E-state index in [1.807, 2.05) is 31.2 Å². The Bertz CT molecular complexity index is 732. The summed E-state index contributed by atoms with van der Waals surface area (Å²) in [4.78, 5) is 23.8. The molecule has 2 rings (SSSR count). The summed E-state index contributed by atoms with van der Waals surface area (Å²) in [7, 11) is 3.14. The van der Waals surface area contributed by atoms with Gasteiger partial charge in [0.05, 0.1) is 25.8 Å². The molecule has 6 heteroatoms. The highest BCUT2D eigenvalue weighted by Crippen LogP contribution is 2.18. The monoisotopic (exact) mass is 327 g/mol. The van der Waals surface area contributed by atoms with Gasteiger partial charge in [0.2, 0.25) is 5.91 Å². The highest BCUT2D eigenvalue weighted by Gasteiger charge is 2.18. The summed E-state index contributed by atoms with van der Waals surface area (Å²) < 4.78 is 6.38. The molecule has 2 aromatic rings. The number of carbonyl (C=O) groups excluding carboxylic acids is 2. The number of rotatable bonds is 6. The van der Waals surface area contributed by atoms with Crippen LogP contribution in [-0.4, -0.2) is 28.8 Å². The van der Waals surface area contributed by atoms with Crippen molar-refractivity contribution in [2.75, 3.05) is 7.11 Å². The molecule has 0 aliphatic carbocycles. The van der Waals surface area contributed by atoms with Crippen molar-refractivity contribution in [1.82, 2.24) is 15.1 Å². The van der Waals surface area contributed by atoms with Crippen LogP contribution in [0.25, 0.3) is 6.08 Å². The molecule has 1 aromatic heterocycles. The number of aromatic nitrogens is 2. The molecule has 0 radical (unpaired) electrons. The van der Waals surface area contributed by atoms with E-state index >= 15 is 0 Å². The molecule has 0 aliphatic heterocycles. The zero-order valence-corrected chi connectivity index (χ0v) is 14.0. The molecule has 1 N–H and O–H groups in total. The normalized spacial score (nSPS) is 12.1. The molecule has 0 fully saturated rings. The number of carbonyl (C=O) groups is 2. The van der Waals surface area contributed by atoms with Gasteiger partial charge in [-0.3, -0.25) is 14.3 Å². The van der Waals surface area contributed by atoms with Crippen LogP contribution in [0.5, 0.6) is 0 Å². The largest absolute Gasteiger partial charge is 0.469 e. The summed E-state index contributed by atoms with van der Waals surface area (Å²) in [5.41, 5.74) is 2.79. The molecular weight excluding hydrogens is 306 g/mol. The number of nitrogens with one attached hydrogen (secondary N) is 1. The number of methoxy groups -OCH3 is 1. The van der Waals surface area contributed by atoms with Crippen LogP contribution in [-0.2, 0) is 21.4 Å². The van der Waals surface area contributed by atoms with Crippen LogP contribution in [0.2, 0.25) is 0 Å². The maximum absolute atomic E-state index is 12.2. The van der Waals surface area contributed by atoms with E-state index in [-0.39, 0.29) is 18.3 Å². The van der Waals surface area contributed by atoms with E-state index in [2.05, 4.69) is 10.4 Å². The predicted octanol–water partition coefficient (Wildman–Crippen LogP) is 2.16. The minimum Gasteiger partial charge on any atom is -0.469 e. The summed E-state index contributed by atoms with van der Waals surface area (Å²) in [6.07, 6.45) is 6.64. The van der Waals surface area contributed by atoms with Crippen LogP contribution in [0, 0.1) is 6.92 Å². The molecule has 1 heterocycles. The Morgan fingerprint density at radius 3 is 2.62 bits per heavy atom. The highest BCUT2D eigenvalue weighted by atomic mass is 16.5. The Morgan fingerprint density at radius 2 is 2.04 bits per heavy atom. The van der Waals surface area contributed by atoms with Crippen molar-refractivity contribution in [3.8, 4) is 0 Å². The topological polar surface area (TPSA) is 73.2 Å². The average molecular weight is 327 g/mol. The number of hydrogen-bond acceptors (Lipinski definition) is 4. The van der Waals surface area contributed by atoms with Crippen LogP contribution in [0.3, 0.4) is 0 Å². The zero-order valence-electron chi connectivity index (χ0n) is 14.0. The van der Waals surface area contributed by atoms with Gasteiger partial charge in [-0.25, -0.2) is 0 Å². The van der Waals surface area contributed by atoms with Gasteiger partial charge in [-0.2, -0.15) is 5.10 Å². The highest BCUT2D eigenvalue weighted by molar-refractivity contribution is 5.92. The van der Waals surface area contributed by atoms with Gasteiger partial charge in [-0.05, 0) is 18.6 Å². The van der Waals surface area contributed by atoms with Gasteiger partial charge in [0.25, 0.3) is 0 Å². The van der Waals surface area contributed by atoms with E-state index in [1.54, 1.807) is 30.2 Å². The minimum atomic E-state index is -0.441. The lowest BCUT2D eigenvalue weighted by Gasteiger charge is -2.17. The fourth-order valence-corrected chi connectivity index (χ4v) is 2.22. The molecule has 0 saturated heterocycles. The van der Waals surface area contributed by atoms with Crippen LogP contribution in [0.1, 0.15) is 29.2 Å². The summed E-state index contributed by atoms with van der Waals surface area (Å²) in [6.45, 7) is 1.98. The molecule has 1 atom stereocenters. The fraction of sp³-hybridized carbons (Fsp3) is 0.278. The number of benzene rings is 1. The van der Waals surface area contributed by atoms with Crippen molar-refractivity contribution in [1.29, 1.82) is 0 Å². The Morgan fingerprint density at radius 1 is 1.33 bits per heavy atom. The zero-order chi connectivity index (χ0) is 17.5. The van der Waals surface area contributed by atoms with Gasteiger partial charge < -0.3 is 10.1 Å². The number of aryl methyl sites for hydroxylation is 2. The number of esters is 1. The lowest BCUT2D eigenvalue weighted by atomic mass is 10.0. The number of amides is 1. The molecular formula is C18H21N3O3. The third kappa shape index (κ3) is 5.08. The van der Waals surface area contributed by atoms with Crippen LogP contribution >= 0.6 is 0 Å². The van der Waals surface area contributed by atoms with Crippen LogP contribution in [0.4, 0.5) is 0 Å². The first kappa shape index (κ1) is 17.5. The lowest BCUT2D eigenvalue weighted by Crippen LogP contribution is -2.29. The van der Waals surface area contributed by atoms with Crippen molar-refractivity contribution in [3.63, 3.8) is 0 Å². The molecule has 6 nitrogen and oxygen atoms in total. The molecule has 0 aliphatic rings. The Kier molecular flexibility index (Phi) is 5.89. The molecule has 0 saturated carbocycles. The van der Waals surface area contributed by atoms with Gasteiger partial charge >= 0.3 is 5.97 Å². The van der Waals surface area contributed by atoms with E-state index in [0.29, 0.717) is 0 Å². The second kappa shape index (κ2) is 8.10. The lowest BCUT2D eigenvalue weighted by molar-refractivity contribution is -0.141. The fourth-order valence-electron chi connectivity index (χ4n) is 2.22. The van der Waals surface area contributed by atoms with Crippen LogP contribution < -0.4 is 5.32 Å². The predicted molar refractivity (Wildman–Crippen MR) is 90.9 cm³/mol. The standard InChI is InChI=1S/C18H21N3O3/c1-13-4-7-15(8-5-13)16(10-18(23)24-3)20-17(22)9-6-14-11-19-21(2)12-14/h4-9,11-12,16H,10H2,1-3H3,(H,20,22)/b9-6+/t16-/m1/s1. The summed E-state index contributed by atoms with van der Waals surface area (Å²) in [5, 5.41) is 6.88. The Balaban J connectivity index is 2.09. The number of nitrogens with zero attached hydrogens (tertiary/aromatic N) is 2. The first-order valence-electron chi connectivity index (χ1n) is 7.58. The maximum atomic E-state index is 12.2. The van der Waals surface area contributed by atoms with E-state index in [0.717, 1.165) is 16.7 Å². The van der Waals surface area contributed by atoms with Crippen molar-refractivity contribution in [2.24, 2.45) is 7.05 Å². The Hall–Kier alpha value is -2.89. The first-order chi connectivity index (χ1) is 11.5. The van der Waals surface area contributed by atoms with Crippen molar-refractivity contribution in [3.05, 3.63) is 59.4 Å². The quantitative estimate of drug-likeness (QED) is 0.652. The molecule has 0 unspecified atom stereocenters. The van der Waals surface area contributed by atoms with E-state index in [4.69, 9.17) is 4.74 Å². The first-order valence-corrected chi connectivity index (χ1v) is 7.58. The van der Waals surface area contributed by atoms with Gasteiger partial charge in [0.15, 0.2) is 0 Å². The third-order valence-electron chi connectivity index (χ3n) is 3.55. The van der Waals surface area contributed by atoms with Gasteiger partial charge in [-0.1, -0.05) is 29.8 Å². The molecule has 24 heavy (non-hydrogen) atoms. The molecule has 1 amide bonds. The molecule has 126 valence electrons. The van der Waals surface area contributed by atoms with Crippen LogP contribution in [0.15, 0.2) is 42.7 Å². The number of hydrogen-bond donors (Lipinski definition) is 1. The third-order valence-corrected chi connectivity index (χ3v) is 3.55. The second-order valence-electron chi connectivity index (χ2n) is 5.53. The molecule has 0 bridgehead atoms. The van der Waals surface area contributed by atoms with E-state index in [1.165, 1.54) is 13.2 Å². The maximum Gasteiger partial charge on any atom is 0.307 e. The van der Waals surface area contributed by atoms with Gasteiger partial charge in [0.1, 0.15) is 0 Å². The summed E-state index contributed by atoms with van der Waals surface area (Å²) in [6, 6.07) is 7.24. The van der Waals surface area contributed by atoms with Crippen molar-refractivity contribution in [2.45, 2.75) is 19.4 Å². The number of ether oxygens (including phenoxy) is 1. The summed E-state index contributed by atoms with van der Waals surface area (Å²) in [5.74, 6) is -0.662. The van der Waals surface area contributed by atoms with E-state index < -0.39 is 6.04 Å². The van der Waals surface area contributed by atoms with Crippen molar-refractivity contribution >= 4 is 18.0 Å².